The topological polar surface area (TPSA) is 50.7 Å². The Morgan fingerprint density at radius 2 is 1.88 bits per heavy atom. The first-order valence-corrected chi connectivity index (χ1v) is 9.06. The molecule has 3 aromatic rings. The molecule has 0 aliphatic heterocycles. The molecule has 0 atom stereocenters. The number of hydrogen-bond acceptors (Lipinski definition) is 5. The van der Waals surface area contributed by atoms with Crippen LogP contribution in [0.5, 0.6) is 0 Å². The lowest BCUT2D eigenvalue weighted by Crippen LogP contribution is -2.14. The number of hydrogen-bond donors (Lipinski definition) is 1. The van der Waals surface area contributed by atoms with Crippen LogP contribution in [-0.2, 0) is 0 Å². The fraction of sp³-hybridized carbons (Fsp3) is 0.316. The average molecular weight is 338 g/mol. The van der Waals surface area contributed by atoms with Gasteiger partial charge >= 0.3 is 0 Å². The summed E-state index contributed by atoms with van der Waals surface area (Å²) in [5.41, 5.74) is 1.87. The summed E-state index contributed by atoms with van der Waals surface area (Å²) in [5.74, 6) is 2.62. The molecule has 0 unspecified atom stereocenters. The third-order valence-electron chi connectivity index (χ3n) is 3.45. The lowest BCUT2D eigenvalue weighted by Gasteiger charge is -2.18. The van der Waals surface area contributed by atoms with Crippen molar-refractivity contribution >= 4 is 28.5 Å². The van der Waals surface area contributed by atoms with Gasteiger partial charge in [-0.1, -0.05) is 32.9 Å². The number of rotatable bonds is 5. The maximum absolute atomic E-state index is 4.73. The highest BCUT2D eigenvalue weighted by Crippen LogP contribution is 2.26. The second kappa shape index (κ2) is 7.18. The largest absolute Gasteiger partial charge is 0.369 e. The average Bonchev–Trinajstić information content (AvgIpc) is 2.58. The van der Waals surface area contributed by atoms with E-state index in [9.17, 15) is 0 Å². The normalized spacial score (nSPS) is 11.6. The van der Waals surface area contributed by atoms with Crippen molar-refractivity contribution < 1.29 is 0 Å². The molecule has 4 nitrogen and oxygen atoms in total. The summed E-state index contributed by atoms with van der Waals surface area (Å²) in [6.45, 7) is 7.57. The van der Waals surface area contributed by atoms with E-state index in [2.05, 4.69) is 42.1 Å². The van der Waals surface area contributed by atoms with Gasteiger partial charge in [0.05, 0.1) is 5.52 Å². The highest BCUT2D eigenvalue weighted by molar-refractivity contribution is 8.00. The maximum atomic E-state index is 4.73. The molecule has 0 saturated heterocycles. The number of anilines is 1. The van der Waals surface area contributed by atoms with Crippen molar-refractivity contribution in [3.63, 3.8) is 0 Å². The number of pyridine rings is 1. The molecule has 0 fully saturated rings. The minimum absolute atomic E-state index is 0.274. The van der Waals surface area contributed by atoms with Gasteiger partial charge in [-0.15, -0.1) is 0 Å². The molecule has 0 aliphatic carbocycles. The second-order valence-corrected chi connectivity index (χ2v) is 8.46. The zero-order chi connectivity index (χ0) is 17.0. The van der Waals surface area contributed by atoms with Crippen LogP contribution in [0.1, 0.15) is 20.8 Å². The van der Waals surface area contributed by atoms with Crippen molar-refractivity contribution in [1.29, 1.82) is 0 Å². The molecule has 2 aromatic heterocycles. The Balaban J connectivity index is 1.88. The summed E-state index contributed by atoms with van der Waals surface area (Å²) >= 11 is 1.94. The van der Waals surface area contributed by atoms with Crippen molar-refractivity contribution in [2.45, 2.75) is 25.5 Å². The Bertz CT molecular complexity index is 812. The van der Waals surface area contributed by atoms with E-state index in [4.69, 9.17) is 4.98 Å². The van der Waals surface area contributed by atoms with E-state index in [1.807, 2.05) is 42.1 Å². The molecule has 1 N–H and O–H groups in total. The smallest absolute Gasteiger partial charge is 0.163 e. The van der Waals surface area contributed by atoms with Crippen molar-refractivity contribution in [2.75, 3.05) is 17.6 Å². The van der Waals surface area contributed by atoms with Crippen LogP contribution in [0.15, 0.2) is 48.8 Å². The van der Waals surface area contributed by atoms with Crippen LogP contribution >= 0.6 is 11.8 Å². The first-order chi connectivity index (χ1) is 11.5. The molecule has 0 aliphatic rings. The Morgan fingerprint density at radius 1 is 1.04 bits per heavy atom. The van der Waals surface area contributed by atoms with Gasteiger partial charge in [-0.25, -0.2) is 9.97 Å². The lowest BCUT2D eigenvalue weighted by molar-refractivity contribution is 0.802. The summed E-state index contributed by atoms with van der Waals surface area (Å²) in [7, 11) is 0. The molecule has 0 bridgehead atoms. The third-order valence-corrected chi connectivity index (χ3v) is 4.73. The Kier molecular flexibility index (Phi) is 5.00. The minimum Gasteiger partial charge on any atom is -0.369 e. The van der Waals surface area contributed by atoms with E-state index in [0.29, 0.717) is 5.82 Å². The second-order valence-electron chi connectivity index (χ2n) is 6.54. The molecular weight excluding hydrogens is 316 g/mol. The summed E-state index contributed by atoms with van der Waals surface area (Å²) in [6.07, 6.45) is 3.55. The fourth-order valence-electron chi connectivity index (χ4n) is 2.36. The first-order valence-electron chi connectivity index (χ1n) is 8.08. The quantitative estimate of drug-likeness (QED) is 0.687. The van der Waals surface area contributed by atoms with Crippen LogP contribution < -0.4 is 5.32 Å². The Morgan fingerprint density at radius 3 is 2.62 bits per heavy atom. The van der Waals surface area contributed by atoms with Gasteiger partial charge in [0.25, 0.3) is 0 Å². The summed E-state index contributed by atoms with van der Waals surface area (Å²) in [4.78, 5) is 13.6. The summed E-state index contributed by atoms with van der Waals surface area (Å²) < 4.78 is 0.274. The SMILES string of the molecule is CC(C)(C)SCCNc1nc(-c2cccnc2)nc2ccccc12. The van der Waals surface area contributed by atoms with Crippen LogP contribution in [0.2, 0.25) is 0 Å². The van der Waals surface area contributed by atoms with Gasteiger partial charge in [-0.2, -0.15) is 11.8 Å². The van der Waals surface area contributed by atoms with Crippen LogP contribution in [-0.4, -0.2) is 32.0 Å². The van der Waals surface area contributed by atoms with E-state index in [0.717, 1.165) is 34.6 Å². The van der Waals surface area contributed by atoms with Crippen LogP contribution in [0, 0.1) is 0 Å². The van der Waals surface area contributed by atoms with Crippen molar-refractivity contribution in [3.05, 3.63) is 48.8 Å². The van der Waals surface area contributed by atoms with Gasteiger partial charge in [0.2, 0.25) is 0 Å². The highest BCUT2D eigenvalue weighted by Gasteiger charge is 2.11. The molecule has 0 spiro atoms. The minimum atomic E-state index is 0.274. The van der Waals surface area contributed by atoms with Crippen molar-refractivity contribution in [2.24, 2.45) is 0 Å². The molecule has 124 valence electrons. The Hall–Kier alpha value is -2.14. The summed E-state index contributed by atoms with van der Waals surface area (Å²) in [5, 5.41) is 4.53. The van der Waals surface area contributed by atoms with E-state index in [1.165, 1.54) is 0 Å². The number of nitrogens with zero attached hydrogens (tertiary/aromatic N) is 3. The summed E-state index contributed by atoms with van der Waals surface area (Å²) in [6, 6.07) is 12.0. The van der Waals surface area contributed by atoms with Gasteiger partial charge in [0, 0.05) is 40.4 Å². The zero-order valence-corrected chi connectivity index (χ0v) is 15.1. The number of nitrogens with one attached hydrogen (secondary N) is 1. The van der Waals surface area contributed by atoms with Crippen LogP contribution in [0.25, 0.3) is 22.3 Å². The van der Waals surface area contributed by atoms with Gasteiger partial charge < -0.3 is 5.32 Å². The number of thioether (sulfide) groups is 1. The number of fused-ring (bicyclic) bond motifs is 1. The predicted molar refractivity (Wildman–Crippen MR) is 103 cm³/mol. The monoisotopic (exact) mass is 338 g/mol. The molecule has 5 heteroatoms. The van der Waals surface area contributed by atoms with Crippen LogP contribution in [0.4, 0.5) is 5.82 Å². The van der Waals surface area contributed by atoms with E-state index >= 15 is 0 Å². The molecule has 24 heavy (non-hydrogen) atoms. The highest BCUT2D eigenvalue weighted by atomic mass is 32.2. The lowest BCUT2D eigenvalue weighted by atomic mass is 10.2. The molecule has 3 rings (SSSR count). The molecular formula is C19H22N4S. The molecule has 0 radical (unpaired) electrons. The van der Waals surface area contributed by atoms with Gasteiger partial charge in [0.15, 0.2) is 5.82 Å². The first kappa shape index (κ1) is 16.7. The van der Waals surface area contributed by atoms with Gasteiger partial charge in [-0.05, 0) is 24.3 Å². The van der Waals surface area contributed by atoms with E-state index in [-0.39, 0.29) is 4.75 Å². The van der Waals surface area contributed by atoms with E-state index < -0.39 is 0 Å². The number of para-hydroxylation sites is 1. The zero-order valence-electron chi connectivity index (χ0n) is 14.3. The Labute approximate surface area is 147 Å². The van der Waals surface area contributed by atoms with Gasteiger partial charge in [-0.3, -0.25) is 4.98 Å². The third kappa shape index (κ3) is 4.23. The molecule has 0 amide bonds. The maximum Gasteiger partial charge on any atom is 0.163 e. The van der Waals surface area contributed by atoms with Crippen LogP contribution in [0.3, 0.4) is 0 Å². The predicted octanol–water partition coefficient (Wildman–Crippen LogP) is 4.64. The number of benzene rings is 1. The van der Waals surface area contributed by atoms with E-state index in [1.54, 1.807) is 12.4 Å². The fourth-order valence-corrected chi connectivity index (χ4v) is 3.18. The standard InChI is InChI=1S/C19H22N4S/c1-19(2,3)24-12-11-21-18-15-8-4-5-9-16(15)22-17(23-18)14-7-6-10-20-13-14/h4-10,13H,11-12H2,1-3H3,(H,21,22,23). The molecule has 0 saturated carbocycles. The van der Waals surface area contributed by atoms with Crippen molar-refractivity contribution in [3.8, 4) is 11.4 Å². The number of aromatic nitrogens is 3. The molecule has 2 heterocycles. The van der Waals surface area contributed by atoms with Gasteiger partial charge in [0.1, 0.15) is 5.82 Å². The molecule has 1 aromatic carbocycles. The van der Waals surface area contributed by atoms with Crippen molar-refractivity contribution in [1.82, 2.24) is 15.0 Å².